The number of nitrogens with one attached hydrogen (secondary N) is 2. The summed E-state index contributed by atoms with van der Waals surface area (Å²) < 4.78 is 46.2. The zero-order chi connectivity index (χ0) is 26.3. The topological polar surface area (TPSA) is 90.2 Å². The molecule has 3 rings (SSSR count). The summed E-state index contributed by atoms with van der Waals surface area (Å²) in [6.07, 6.45) is 4.15. The molecule has 0 radical (unpaired) electrons. The van der Waals surface area contributed by atoms with Crippen LogP contribution in [-0.4, -0.2) is 35.0 Å². The monoisotopic (exact) mass is 500 g/mol. The highest BCUT2D eigenvalue weighted by Gasteiger charge is 2.37. The molecule has 1 atom stereocenters. The van der Waals surface area contributed by atoms with Gasteiger partial charge in [0.25, 0.3) is 0 Å². The summed E-state index contributed by atoms with van der Waals surface area (Å²) in [6, 6.07) is 8.04. The molecule has 9 heteroatoms. The van der Waals surface area contributed by atoms with E-state index in [0.29, 0.717) is 19.6 Å². The van der Waals surface area contributed by atoms with E-state index < -0.39 is 29.1 Å². The summed E-state index contributed by atoms with van der Waals surface area (Å²) in [5, 5.41) is 25.7. The molecule has 3 N–H and O–H groups in total. The molecule has 0 saturated carbocycles. The zero-order valence-electron chi connectivity index (χ0n) is 20.6. The van der Waals surface area contributed by atoms with Crippen molar-refractivity contribution in [2.24, 2.45) is 0 Å². The van der Waals surface area contributed by atoms with E-state index in [4.69, 9.17) is 10.00 Å². The van der Waals surface area contributed by atoms with Crippen LogP contribution < -0.4 is 10.6 Å². The molecule has 1 aromatic heterocycles. The Hall–Kier alpha value is -3.35. The number of hydrogen-bond acceptors (Lipinski definition) is 6. The maximum atomic E-state index is 13.4. The number of aliphatic hydroxyl groups excluding tert-OH is 1. The number of aromatic nitrogens is 1. The molecule has 0 fully saturated rings. The molecule has 1 unspecified atom stereocenters. The van der Waals surface area contributed by atoms with E-state index in [-0.39, 0.29) is 11.3 Å². The molecular formula is C27H31F3N4O2. The molecule has 0 saturated heterocycles. The van der Waals surface area contributed by atoms with Crippen LogP contribution in [0.25, 0.3) is 5.57 Å². The predicted octanol–water partition coefficient (Wildman–Crippen LogP) is 5.55. The largest absolute Gasteiger partial charge is 0.498 e. The molecule has 0 amide bonds. The lowest BCUT2D eigenvalue weighted by atomic mass is 9.97. The molecule has 0 aliphatic heterocycles. The average Bonchev–Trinajstić information content (AvgIpc) is 2.85. The minimum absolute atomic E-state index is 0.121. The second-order valence-electron chi connectivity index (χ2n) is 9.23. The maximum absolute atomic E-state index is 13.4. The fourth-order valence-corrected chi connectivity index (χ4v) is 3.98. The van der Waals surface area contributed by atoms with Gasteiger partial charge in [-0.25, -0.2) is 0 Å². The van der Waals surface area contributed by atoms with Crippen molar-refractivity contribution in [1.82, 2.24) is 10.3 Å². The van der Waals surface area contributed by atoms with Gasteiger partial charge in [-0.2, -0.15) is 18.4 Å². The molecule has 1 aliphatic rings. The first-order valence-corrected chi connectivity index (χ1v) is 11.8. The quantitative estimate of drug-likeness (QED) is 0.293. The van der Waals surface area contributed by atoms with Crippen LogP contribution in [0.15, 0.2) is 54.6 Å². The van der Waals surface area contributed by atoms with E-state index in [1.807, 2.05) is 18.2 Å². The van der Waals surface area contributed by atoms with Gasteiger partial charge in [-0.15, -0.1) is 0 Å². The Morgan fingerprint density at radius 1 is 1.14 bits per heavy atom. The molecule has 6 nitrogen and oxygen atoms in total. The van der Waals surface area contributed by atoms with Gasteiger partial charge >= 0.3 is 6.18 Å². The van der Waals surface area contributed by atoms with Crippen LogP contribution in [0.4, 0.5) is 18.9 Å². The van der Waals surface area contributed by atoms with E-state index in [2.05, 4.69) is 21.7 Å². The third kappa shape index (κ3) is 6.86. The number of anilines is 1. The van der Waals surface area contributed by atoms with E-state index in [1.54, 1.807) is 32.3 Å². The lowest BCUT2D eigenvalue weighted by Crippen LogP contribution is -2.53. The van der Waals surface area contributed by atoms with Crippen LogP contribution in [0.1, 0.15) is 55.4 Å². The Balaban J connectivity index is 1.49. The van der Waals surface area contributed by atoms with Crippen molar-refractivity contribution in [3.8, 4) is 6.07 Å². The van der Waals surface area contributed by atoms with E-state index in [9.17, 15) is 18.3 Å². The Bertz CT molecular complexity index is 1150. The van der Waals surface area contributed by atoms with E-state index in [0.717, 1.165) is 30.2 Å². The number of hydrogen-bond donors (Lipinski definition) is 3. The summed E-state index contributed by atoms with van der Waals surface area (Å²) in [6.45, 7) is 5.83. The fourth-order valence-electron chi connectivity index (χ4n) is 3.98. The molecule has 36 heavy (non-hydrogen) atoms. The van der Waals surface area contributed by atoms with Gasteiger partial charge in [0.15, 0.2) is 0 Å². The van der Waals surface area contributed by atoms with Crippen molar-refractivity contribution in [1.29, 1.82) is 5.26 Å². The molecule has 0 spiro atoms. The first-order chi connectivity index (χ1) is 17.0. The molecule has 1 heterocycles. The lowest BCUT2D eigenvalue weighted by molar-refractivity contribution is -0.138. The molecular weight excluding hydrogens is 469 g/mol. The van der Waals surface area contributed by atoms with Gasteiger partial charge < -0.3 is 20.5 Å². The number of allylic oxidation sites excluding steroid dienone is 4. The van der Waals surface area contributed by atoms with Gasteiger partial charge in [0.1, 0.15) is 6.23 Å². The first kappa shape index (κ1) is 27.2. The Morgan fingerprint density at radius 2 is 1.86 bits per heavy atom. The number of rotatable bonds is 10. The summed E-state index contributed by atoms with van der Waals surface area (Å²) in [5.74, 6) is 0.922. The highest BCUT2D eigenvalue weighted by atomic mass is 19.4. The normalized spacial score (nSPS) is 14.9. The number of nitrogens with zero attached hydrogens (tertiary/aromatic N) is 2. The summed E-state index contributed by atoms with van der Waals surface area (Å²) in [4.78, 5) is 4.04. The van der Waals surface area contributed by atoms with Gasteiger partial charge in [0, 0.05) is 24.5 Å². The molecule has 1 aromatic carbocycles. The highest BCUT2D eigenvalue weighted by molar-refractivity contribution is 5.68. The number of pyridine rings is 1. The number of aliphatic hydroxyl groups is 1. The van der Waals surface area contributed by atoms with Gasteiger partial charge in [-0.1, -0.05) is 6.08 Å². The SMILES string of the molecule is Cc1c(NC(O)C(C)(C)NCCCOC2=CC=C(c3ccncc3)CC2)ccc(C#N)c1C(F)(F)F. The van der Waals surface area contributed by atoms with Crippen molar-refractivity contribution >= 4 is 11.3 Å². The smallest absolute Gasteiger partial charge is 0.418 e. The van der Waals surface area contributed by atoms with Crippen molar-refractivity contribution in [2.45, 2.75) is 58.0 Å². The van der Waals surface area contributed by atoms with E-state index >= 15 is 0 Å². The zero-order valence-corrected chi connectivity index (χ0v) is 20.6. The van der Waals surface area contributed by atoms with Gasteiger partial charge in [-0.3, -0.25) is 4.98 Å². The number of ether oxygens (including phenoxy) is 1. The summed E-state index contributed by atoms with van der Waals surface area (Å²) >= 11 is 0. The first-order valence-electron chi connectivity index (χ1n) is 11.8. The third-order valence-electron chi connectivity index (χ3n) is 6.20. The third-order valence-corrected chi connectivity index (χ3v) is 6.20. The highest BCUT2D eigenvalue weighted by Crippen LogP contribution is 2.37. The molecule has 0 bridgehead atoms. The average molecular weight is 501 g/mol. The minimum Gasteiger partial charge on any atom is -0.498 e. The minimum atomic E-state index is -4.67. The second kappa shape index (κ2) is 11.6. The van der Waals surface area contributed by atoms with Crippen molar-refractivity contribution in [2.75, 3.05) is 18.5 Å². The second-order valence-corrected chi connectivity index (χ2v) is 9.23. The van der Waals surface area contributed by atoms with Gasteiger partial charge in [-0.05, 0) is 87.2 Å². The lowest BCUT2D eigenvalue weighted by Gasteiger charge is -2.33. The molecule has 1 aliphatic carbocycles. The van der Waals surface area contributed by atoms with E-state index in [1.165, 1.54) is 18.6 Å². The van der Waals surface area contributed by atoms with Crippen molar-refractivity contribution in [3.05, 3.63) is 76.8 Å². The van der Waals surface area contributed by atoms with Crippen molar-refractivity contribution < 1.29 is 23.0 Å². The Labute approximate surface area is 209 Å². The van der Waals surface area contributed by atoms with Crippen LogP contribution in [0.2, 0.25) is 0 Å². The van der Waals surface area contributed by atoms with Gasteiger partial charge in [0.05, 0.1) is 35.1 Å². The Morgan fingerprint density at radius 3 is 2.47 bits per heavy atom. The number of benzene rings is 1. The van der Waals surface area contributed by atoms with Crippen LogP contribution in [-0.2, 0) is 10.9 Å². The standard InChI is InChI=1S/C27H31F3N4O2/c1-18-23(10-7-21(17-31)24(18)27(28,29)30)34-25(35)26(2,3)33-13-4-16-36-22-8-5-19(6-9-22)20-11-14-32-15-12-20/h5,7-8,10-12,14-15,25,33-35H,4,6,9,13,16H2,1-3H3. The number of halogens is 3. The summed E-state index contributed by atoms with van der Waals surface area (Å²) in [7, 11) is 0. The Kier molecular flexibility index (Phi) is 8.77. The van der Waals surface area contributed by atoms with Crippen molar-refractivity contribution in [3.63, 3.8) is 0 Å². The van der Waals surface area contributed by atoms with Crippen LogP contribution >= 0.6 is 0 Å². The predicted molar refractivity (Wildman–Crippen MR) is 133 cm³/mol. The molecule has 192 valence electrons. The van der Waals surface area contributed by atoms with Crippen LogP contribution in [0.3, 0.4) is 0 Å². The molecule has 2 aromatic rings. The van der Waals surface area contributed by atoms with Gasteiger partial charge in [0.2, 0.25) is 0 Å². The van der Waals surface area contributed by atoms with Crippen LogP contribution in [0.5, 0.6) is 0 Å². The number of alkyl halides is 3. The number of nitriles is 1. The summed E-state index contributed by atoms with van der Waals surface area (Å²) in [5.41, 5.74) is 0.103. The van der Waals surface area contributed by atoms with Crippen LogP contribution in [0, 0.1) is 18.3 Å². The maximum Gasteiger partial charge on any atom is 0.418 e. The fraction of sp³-hybridized carbons (Fsp3) is 0.407.